The molecular formula is C32H42O7Si. The minimum absolute atomic E-state index is 0.00252. The molecule has 1 saturated heterocycles. The largest absolute Gasteiger partial charge is 0.497 e. The van der Waals surface area contributed by atoms with Crippen molar-refractivity contribution in [3.8, 4) is 11.5 Å². The average Bonchev–Trinajstić information content (AvgIpc) is 3.21. The van der Waals surface area contributed by atoms with Gasteiger partial charge in [-0.1, -0.05) is 75.4 Å². The summed E-state index contributed by atoms with van der Waals surface area (Å²) in [7, 11) is 0.978. The highest BCUT2D eigenvalue weighted by atomic mass is 28.4. The van der Waals surface area contributed by atoms with Gasteiger partial charge in [-0.2, -0.15) is 0 Å². The Morgan fingerprint density at radius 3 is 1.68 bits per heavy atom. The molecule has 1 aliphatic heterocycles. The molecule has 0 aromatic heterocycles. The number of rotatable bonds is 10. The number of methoxy groups -OCH3 is 2. The SMILES string of the molecule is COc1ccc(C(OC[C@H]2OC(O)[C@H](O[Si](C)(C)C(C)(C)C)[C@@H]2O)(c2ccccc2)c2ccc(OC)cc2)cc1. The van der Waals surface area contributed by atoms with E-state index in [-0.39, 0.29) is 11.6 Å². The fourth-order valence-electron chi connectivity index (χ4n) is 4.78. The molecule has 0 aliphatic carbocycles. The van der Waals surface area contributed by atoms with Crippen LogP contribution >= 0.6 is 0 Å². The minimum Gasteiger partial charge on any atom is -0.497 e. The maximum absolute atomic E-state index is 11.3. The van der Waals surface area contributed by atoms with Crippen molar-refractivity contribution in [3.63, 3.8) is 0 Å². The van der Waals surface area contributed by atoms with E-state index >= 15 is 0 Å². The molecule has 2 N–H and O–H groups in total. The van der Waals surface area contributed by atoms with Crippen LogP contribution in [-0.2, 0) is 19.5 Å². The first-order chi connectivity index (χ1) is 18.9. The van der Waals surface area contributed by atoms with Gasteiger partial charge < -0.3 is 33.6 Å². The molecule has 0 radical (unpaired) electrons. The van der Waals surface area contributed by atoms with Gasteiger partial charge in [-0.05, 0) is 59.1 Å². The Morgan fingerprint density at radius 2 is 1.23 bits per heavy atom. The lowest BCUT2D eigenvalue weighted by molar-refractivity contribution is -0.143. The van der Waals surface area contributed by atoms with E-state index in [4.69, 9.17) is 23.4 Å². The molecule has 0 saturated carbocycles. The molecule has 7 nitrogen and oxygen atoms in total. The van der Waals surface area contributed by atoms with E-state index in [1.54, 1.807) is 14.2 Å². The smallest absolute Gasteiger partial charge is 0.192 e. The Labute approximate surface area is 238 Å². The Hall–Kier alpha value is -2.72. The molecule has 40 heavy (non-hydrogen) atoms. The summed E-state index contributed by atoms with van der Waals surface area (Å²) in [5.41, 5.74) is 1.57. The summed E-state index contributed by atoms with van der Waals surface area (Å²) in [6, 6.07) is 25.4. The molecule has 3 aromatic carbocycles. The quantitative estimate of drug-likeness (QED) is 0.248. The highest BCUT2D eigenvalue weighted by Gasteiger charge is 2.50. The van der Waals surface area contributed by atoms with Crippen LogP contribution in [0.15, 0.2) is 78.9 Å². The number of hydrogen-bond acceptors (Lipinski definition) is 7. The summed E-state index contributed by atoms with van der Waals surface area (Å²) < 4.78 is 29.9. The fourth-order valence-corrected chi connectivity index (χ4v) is 6.07. The topological polar surface area (TPSA) is 86.6 Å². The highest BCUT2D eigenvalue weighted by molar-refractivity contribution is 6.74. The van der Waals surface area contributed by atoms with Crippen molar-refractivity contribution < 1.29 is 33.6 Å². The van der Waals surface area contributed by atoms with Crippen molar-refractivity contribution in [3.05, 3.63) is 95.6 Å². The van der Waals surface area contributed by atoms with Crippen LogP contribution in [-0.4, -0.2) is 64.0 Å². The third-order valence-electron chi connectivity index (χ3n) is 8.19. The van der Waals surface area contributed by atoms with Gasteiger partial charge in [-0.25, -0.2) is 0 Å². The van der Waals surface area contributed by atoms with Gasteiger partial charge in [0.15, 0.2) is 14.6 Å². The Balaban J connectivity index is 1.73. The van der Waals surface area contributed by atoms with E-state index in [0.29, 0.717) is 0 Å². The maximum atomic E-state index is 11.3. The van der Waals surface area contributed by atoms with Crippen molar-refractivity contribution in [2.45, 2.75) is 69.1 Å². The number of benzene rings is 3. The van der Waals surface area contributed by atoms with Crippen LogP contribution in [0.5, 0.6) is 11.5 Å². The monoisotopic (exact) mass is 566 g/mol. The second-order valence-corrected chi connectivity index (χ2v) is 16.5. The molecule has 216 valence electrons. The van der Waals surface area contributed by atoms with Crippen LogP contribution in [0.2, 0.25) is 18.1 Å². The summed E-state index contributed by atoms with van der Waals surface area (Å²) in [5.74, 6) is 1.45. The first-order valence-corrected chi connectivity index (χ1v) is 16.5. The molecule has 1 unspecified atom stereocenters. The van der Waals surface area contributed by atoms with Crippen LogP contribution in [0.3, 0.4) is 0 Å². The number of ether oxygens (including phenoxy) is 4. The van der Waals surface area contributed by atoms with Crippen LogP contribution in [0.25, 0.3) is 0 Å². The second kappa shape index (κ2) is 12.0. The van der Waals surface area contributed by atoms with E-state index in [1.807, 2.05) is 78.9 Å². The van der Waals surface area contributed by atoms with Crippen LogP contribution < -0.4 is 9.47 Å². The molecule has 1 heterocycles. The van der Waals surface area contributed by atoms with Crippen molar-refractivity contribution in [2.75, 3.05) is 20.8 Å². The van der Waals surface area contributed by atoms with Gasteiger partial charge >= 0.3 is 0 Å². The van der Waals surface area contributed by atoms with Crippen molar-refractivity contribution in [1.82, 2.24) is 0 Å². The van der Waals surface area contributed by atoms with Crippen molar-refractivity contribution in [2.24, 2.45) is 0 Å². The van der Waals surface area contributed by atoms with Crippen molar-refractivity contribution >= 4 is 8.32 Å². The molecule has 3 aromatic rings. The zero-order valence-corrected chi connectivity index (χ0v) is 25.5. The van der Waals surface area contributed by atoms with Gasteiger partial charge in [0.1, 0.15) is 35.4 Å². The molecular weight excluding hydrogens is 524 g/mol. The average molecular weight is 567 g/mol. The Kier molecular flexibility index (Phi) is 9.09. The Bertz CT molecular complexity index is 1180. The van der Waals surface area contributed by atoms with Crippen molar-refractivity contribution in [1.29, 1.82) is 0 Å². The Morgan fingerprint density at radius 1 is 0.750 bits per heavy atom. The van der Waals surface area contributed by atoms with Crippen LogP contribution in [0, 0.1) is 0 Å². The molecule has 0 spiro atoms. The van der Waals surface area contributed by atoms with E-state index < -0.39 is 38.5 Å². The van der Waals surface area contributed by atoms with Gasteiger partial charge in [0.25, 0.3) is 0 Å². The highest BCUT2D eigenvalue weighted by Crippen LogP contribution is 2.43. The molecule has 0 bridgehead atoms. The van der Waals surface area contributed by atoms with E-state index in [2.05, 4.69) is 33.9 Å². The zero-order chi connectivity index (χ0) is 29.1. The van der Waals surface area contributed by atoms with E-state index in [1.165, 1.54) is 0 Å². The van der Waals surface area contributed by atoms with Gasteiger partial charge in [-0.15, -0.1) is 0 Å². The van der Waals surface area contributed by atoms with Crippen LogP contribution in [0.1, 0.15) is 37.5 Å². The summed E-state index contributed by atoms with van der Waals surface area (Å²) in [6.07, 6.45) is -3.98. The number of aliphatic hydroxyl groups is 2. The van der Waals surface area contributed by atoms with Gasteiger partial charge in [0, 0.05) is 0 Å². The third kappa shape index (κ3) is 5.98. The van der Waals surface area contributed by atoms with Gasteiger partial charge in [-0.3, -0.25) is 0 Å². The molecule has 8 heteroatoms. The molecule has 4 atom stereocenters. The first-order valence-electron chi connectivity index (χ1n) is 13.6. The van der Waals surface area contributed by atoms with Gasteiger partial charge in [0.05, 0.1) is 20.8 Å². The summed E-state index contributed by atoms with van der Waals surface area (Å²) in [5, 5.41) is 22.0. The first kappa shape index (κ1) is 30.2. The number of hydrogen-bond donors (Lipinski definition) is 2. The third-order valence-corrected chi connectivity index (χ3v) is 12.7. The predicted molar refractivity (Wildman–Crippen MR) is 157 cm³/mol. The molecule has 4 rings (SSSR count). The summed E-state index contributed by atoms with van der Waals surface area (Å²) in [6.45, 7) is 10.5. The second-order valence-electron chi connectivity index (χ2n) is 11.7. The standard InChI is InChI=1S/C32H42O7Si/c1-31(2,3)40(6,7)39-29-28(33)27(38-30(29)34)21-37-32(22-11-9-8-10-12-22,23-13-17-25(35-4)18-14-23)24-15-19-26(36-5)20-16-24/h8-20,27-30,33-34H,21H2,1-7H3/t27-,28-,29-,30?/m1/s1. The maximum Gasteiger partial charge on any atom is 0.192 e. The number of aliphatic hydroxyl groups excluding tert-OH is 2. The fraction of sp³-hybridized carbons (Fsp3) is 0.438. The van der Waals surface area contributed by atoms with Crippen LogP contribution in [0.4, 0.5) is 0 Å². The van der Waals surface area contributed by atoms with Gasteiger partial charge in [0.2, 0.25) is 0 Å². The molecule has 1 aliphatic rings. The molecule has 1 fully saturated rings. The molecule has 0 amide bonds. The summed E-state index contributed by atoms with van der Waals surface area (Å²) >= 11 is 0. The minimum atomic E-state index is -2.28. The lowest BCUT2D eigenvalue weighted by Crippen LogP contribution is -2.49. The normalized spacial score (nSPS) is 21.8. The zero-order valence-electron chi connectivity index (χ0n) is 24.5. The lowest BCUT2D eigenvalue weighted by atomic mass is 9.80. The lowest BCUT2D eigenvalue weighted by Gasteiger charge is -2.39. The van der Waals surface area contributed by atoms with E-state index in [9.17, 15) is 10.2 Å². The summed E-state index contributed by atoms with van der Waals surface area (Å²) in [4.78, 5) is 0. The van der Waals surface area contributed by atoms with E-state index in [0.717, 1.165) is 28.2 Å². The predicted octanol–water partition coefficient (Wildman–Crippen LogP) is 5.48.